The molecule has 0 N–H and O–H groups in total. The summed E-state index contributed by atoms with van der Waals surface area (Å²) >= 11 is 0. The minimum atomic E-state index is -0.440. The third kappa shape index (κ3) is 17.3. The molecule has 0 aromatic rings. The van der Waals surface area contributed by atoms with Gasteiger partial charge in [-0.2, -0.15) is 0 Å². The minimum Gasteiger partial charge on any atom is -0.466 e. The van der Waals surface area contributed by atoms with Crippen LogP contribution in [0.3, 0.4) is 0 Å². The van der Waals surface area contributed by atoms with Gasteiger partial charge in [0.2, 0.25) is 0 Å². The molecule has 0 rings (SSSR count). The summed E-state index contributed by atoms with van der Waals surface area (Å²) < 4.78 is 9.33. The van der Waals surface area contributed by atoms with E-state index in [4.69, 9.17) is 4.74 Å². The molecule has 0 fully saturated rings. The molecule has 0 unspecified atom stereocenters. The standard InChI is InChI=1S/C6H10O3.C4H10O/c1-3-9-6(8)4-5(2)7;1-3-5-4-2/h3-4H2,1-2H3;3-4H2,1-2H3. The van der Waals surface area contributed by atoms with Gasteiger partial charge in [-0.05, 0) is 27.7 Å². The monoisotopic (exact) mass is 204 g/mol. The molecule has 4 nitrogen and oxygen atoms in total. The van der Waals surface area contributed by atoms with Crippen LogP contribution in [0.1, 0.15) is 34.1 Å². The van der Waals surface area contributed by atoms with Crippen molar-refractivity contribution in [1.82, 2.24) is 0 Å². The highest BCUT2D eigenvalue weighted by Crippen LogP contribution is 1.86. The van der Waals surface area contributed by atoms with Crippen LogP contribution in [0.25, 0.3) is 0 Å². The van der Waals surface area contributed by atoms with Gasteiger partial charge in [0, 0.05) is 13.2 Å². The zero-order chi connectivity index (χ0) is 11.4. The first-order chi connectivity index (χ1) is 6.58. The maximum absolute atomic E-state index is 10.4. The first kappa shape index (κ1) is 15.6. The molecule has 0 spiro atoms. The predicted octanol–water partition coefficient (Wildman–Crippen LogP) is 1.57. The van der Waals surface area contributed by atoms with Crippen molar-refractivity contribution in [2.45, 2.75) is 34.1 Å². The molecule has 0 aromatic heterocycles. The van der Waals surface area contributed by atoms with Gasteiger partial charge in [-0.3, -0.25) is 9.59 Å². The number of hydrogen-bond donors (Lipinski definition) is 0. The number of hydrogen-bond acceptors (Lipinski definition) is 4. The number of carbonyl (C=O) groups excluding carboxylic acids is 2. The lowest BCUT2D eigenvalue weighted by molar-refractivity contribution is -0.145. The molecule has 0 aromatic carbocycles. The second kappa shape index (κ2) is 12.1. The van der Waals surface area contributed by atoms with E-state index in [1.54, 1.807) is 6.92 Å². The summed E-state index contributed by atoms with van der Waals surface area (Å²) in [6.45, 7) is 9.07. The van der Waals surface area contributed by atoms with E-state index in [9.17, 15) is 9.59 Å². The van der Waals surface area contributed by atoms with Crippen LogP contribution in [0.4, 0.5) is 0 Å². The Balaban J connectivity index is 0. The summed E-state index contributed by atoms with van der Waals surface area (Å²) in [5, 5.41) is 0. The Hall–Kier alpha value is -0.900. The van der Waals surface area contributed by atoms with Crippen molar-refractivity contribution < 1.29 is 19.1 Å². The van der Waals surface area contributed by atoms with E-state index < -0.39 is 5.97 Å². The van der Waals surface area contributed by atoms with Crippen molar-refractivity contribution in [1.29, 1.82) is 0 Å². The second-order valence-electron chi connectivity index (χ2n) is 2.47. The van der Waals surface area contributed by atoms with E-state index in [0.717, 1.165) is 13.2 Å². The minimum absolute atomic E-state index is 0.103. The number of esters is 1. The number of carbonyl (C=O) groups is 2. The molecule has 0 amide bonds. The molecule has 0 heterocycles. The smallest absolute Gasteiger partial charge is 0.313 e. The van der Waals surface area contributed by atoms with Crippen LogP contribution in [0.5, 0.6) is 0 Å². The lowest BCUT2D eigenvalue weighted by Gasteiger charge is -1.96. The van der Waals surface area contributed by atoms with Crippen LogP contribution in [-0.4, -0.2) is 31.6 Å². The summed E-state index contributed by atoms with van der Waals surface area (Å²) in [5.41, 5.74) is 0. The van der Waals surface area contributed by atoms with Crippen molar-refractivity contribution in [3.05, 3.63) is 0 Å². The third-order valence-electron chi connectivity index (χ3n) is 1.11. The molecule has 0 aliphatic carbocycles. The van der Waals surface area contributed by atoms with Crippen molar-refractivity contribution in [2.24, 2.45) is 0 Å². The molecule has 0 saturated heterocycles. The van der Waals surface area contributed by atoms with Gasteiger partial charge in [0.05, 0.1) is 6.61 Å². The average Bonchev–Trinajstić information content (AvgIpc) is 2.05. The summed E-state index contributed by atoms with van der Waals surface area (Å²) in [7, 11) is 0. The van der Waals surface area contributed by atoms with E-state index in [2.05, 4.69) is 4.74 Å². The van der Waals surface area contributed by atoms with Gasteiger partial charge in [0.1, 0.15) is 12.2 Å². The summed E-state index contributed by atoms with van der Waals surface area (Å²) in [4.78, 5) is 20.6. The third-order valence-corrected chi connectivity index (χ3v) is 1.11. The van der Waals surface area contributed by atoms with Crippen molar-refractivity contribution >= 4 is 11.8 Å². The highest BCUT2D eigenvalue weighted by atomic mass is 16.5. The zero-order valence-corrected chi connectivity index (χ0v) is 9.46. The SMILES string of the molecule is CCOC(=O)CC(C)=O.CCOCC. The van der Waals surface area contributed by atoms with Crippen LogP contribution in [0.15, 0.2) is 0 Å². The molecule has 4 heteroatoms. The molecule has 0 atom stereocenters. The Labute approximate surface area is 85.6 Å². The fourth-order valence-corrected chi connectivity index (χ4v) is 0.619. The fraction of sp³-hybridized carbons (Fsp3) is 0.800. The molecule has 0 aliphatic heterocycles. The highest BCUT2D eigenvalue weighted by Gasteiger charge is 2.03. The van der Waals surface area contributed by atoms with Crippen molar-refractivity contribution in [3.63, 3.8) is 0 Å². The second-order valence-corrected chi connectivity index (χ2v) is 2.47. The van der Waals surface area contributed by atoms with Crippen LogP contribution < -0.4 is 0 Å². The van der Waals surface area contributed by atoms with E-state index in [0.29, 0.717) is 6.61 Å². The van der Waals surface area contributed by atoms with Crippen LogP contribution in [0.2, 0.25) is 0 Å². The van der Waals surface area contributed by atoms with Gasteiger partial charge in [0.15, 0.2) is 0 Å². The molecular weight excluding hydrogens is 184 g/mol. The Bertz CT molecular complexity index is 152. The van der Waals surface area contributed by atoms with Gasteiger partial charge in [-0.1, -0.05) is 0 Å². The summed E-state index contributed by atoms with van der Waals surface area (Å²) in [6, 6.07) is 0. The fourth-order valence-electron chi connectivity index (χ4n) is 0.619. The maximum atomic E-state index is 10.4. The normalized spacial score (nSPS) is 8.57. The molecular formula is C10H20O4. The summed E-state index contributed by atoms with van der Waals surface area (Å²) in [6.07, 6.45) is -0.103. The van der Waals surface area contributed by atoms with E-state index in [-0.39, 0.29) is 12.2 Å². The van der Waals surface area contributed by atoms with E-state index in [1.807, 2.05) is 13.8 Å². The van der Waals surface area contributed by atoms with Gasteiger partial charge in [0.25, 0.3) is 0 Å². The highest BCUT2D eigenvalue weighted by molar-refractivity contribution is 5.94. The van der Waals surface area contributed by atoms with Gasteiger partial charge in [-0.25, -0.2) is 0 Å². The quantitative estimate of drug-likeness (QED) is 0.504. The Morgan fingerprint density at radius 2 is 1.50 bits per heavy atom. The molecule has 84 valence electrons. The van der Waals surface area contributed by atoms with Crippen LogP contribution >= 0.6 is 0 Å². The zero-order valence-electron chi connectivity index (χ0n) is 9.46. The van der Waals surface area contributed by atoms with Crippen molar-refractivity contribution in [3.8, 4) is 0 Å². The number of ketones is 1. The lowest BCUT2D eigenvalue weighted by Crippen LogP contribution is -2.07. The van der Waals surface area contributed by atoms with Gasteiger partial charge in [-0.15, -0.1) is 0 Å². The van der Waals surface area contributed by atoms with E-state index in [1.165, 1.54) is 6.92 Å². The van der Waals surface area contributed by atoms with Gasteiger partial charge < -0.3 is 9.47 Å². The molecule has 0 aliphatic rings. The first-order valence-corrected chi connectivity index (χ1v) is 4.81. The summed E-state index contributed by atoms with van der Waals surface area (Å²) in [5.74, 6) is -0.599. The lowest BCUT2D eigenvalue weighted by atomic mass is 10.3. The average molecular weight is 204 g/mol. The van der Waals surface area contributed by atoms with Crippen molar-refractivity contribution in [2.75, 3.05) is 19.8 Å². The van der Waals surface area contributed by atoms with Crippen LogP contribution in [0, 0.1) is 0 Å². The molecule has 0 bridgehead atoms. The Morgan fingerprint density at radius 3 is 1.71 bits per heavy atom. The molecule has 0 radical (unpaired) electrons. The number of rotatable bonds is 5. The molecule has 0 saturated carbocycles. The topological polar surface area (TPSA) is 52.6 Å². The Kier molecular flexibility index (Phi) is 13.5. The Morgan fingerprint density at radius 1 is 1.00 bits per heavy atom. The predicted molar refractivity (Wildman–Crippen MR) is 54.1 cm³/mol. The van der Waals surface area contributed by atoms with E-state index >= 15 is 0 Å². The van der Waals surface area contributed by atoms with Gasteiger partial charge >= 0.3 is 5.97 Å². The van der Waals surface area contributed by atoms with Crippen LogP contribution in [-0.2, 0) is 19.1 Å². The first-order valence-electron chi connectivity index (χ1n) is 4.81. The number of ether oxygens (including phenoxy) is 2. The number of Topliss-reactive ketones (excluding diaryl/α,β-unsaturated/α-hetero) is 1. The molecule has 14 heavy (non-hydrogen) atoms. The maximum Gasteiger partial charge on any atom is 0.313 e. The largest absolute Gasteiger partial charge is 0.466 e.